The van der Waals surface area contributed by atoms with Crippen molar-refractivity contribution in [2.24, 2.45) is 5.92 Å². The molecule has 1 heterocycles. The number of carbonyl (C=O) groups is 2. The Balaban J connectivity index is 2.13. The molecule has 0 spiro atoms. The highest BCUT2D eigenvalue weighted by Gasteiger charge is 2.28. The summed E-state index contributed by atoms with van der Waals surface area (Å²) in [6.07, 6.45) is 0. The molecule has 0 radical (unpaired) electrons. The molecule has 1 aliphatic rings. The lowest BCUT2D eigenvalue weighted by atomic mass is 10.0. The van der Waals surface area contributed by atoms with Crippen molar-refractivity contribution in [2.75, 3.05) is 20.2 Å². The highest BCUT2D eigenvalue weighted by molar-refractivity contribution is 7.89. The van der Waals surface area contributed by atoms with E-state index in [-0.39, 0.29) is 17.0 Å². The number of amides is 1. The monoisotopic (exact) mass is 312 g/mol. The summed E-state index contributed by atoms with van der Waals surface area (Å²) in [6, 6.07) is 6.23. The molecule has 0 bridgehead atoms. The average Bonchev–Trinajstić information content (AvgIpc) is 2.35. The zero-order chi connectivity index (χ0) is 15.5. The fourth-order valence-corrected chi connectivity index (χ4v) is 3.11. The van der Waals surface area contributed by atoms with Crippen molar-refractivity contribution in [1.82, 2.24) is 10.0 Å². The van der Waals surface area contributed by atoms with E-state index in [9.17, 15) is 18.0 Å². The quantitative estimate of drug-likeness (QED) is 0.720. The van der Waals surface area contributed by atoms with Crippen molar-refractivity contribution < 1.29 is 22.7 Å². The van der Waals surface area contributed by atoms with Crippen molar-refractivity contribution in [3.05, 3.63) is 35.4 Å². The third kappa shape index (κ3) is 3.79. The van der Waals surface area contributed by atoms with Crippen LogP contribution in [0.3, 0.4) is 0 Å². The van der Waals surface area contributed by atoms with Crippen LogP contribution in [0.5, 0.6) is 0 Å². The molecular formula is C13H16N2O5S. The van der Waals surface area contributed by atoms with Crippen LogP contribution in [0.1, 0.15) is 15.9 Å². The van der Waals surface area contributed by atoms with E-state index in [2.05, 4.69) is 10.1 Å². The van der Waals surface area contributed by atoms with E-state index >= 15 is 0 Å². The van der Waals surface area contributed by atoms with Gasteiger partial charge in [-0.15, -0.1) is 0 Å². The van der Waals surface area contributed by atoms with E-state index in [0.717, 1.165) is 0 Å². The maximum Gasteiger partial charge on any atom is 0.338 e. The number of benzene rings is 1. The van der Waals surface area contributed by atoms with Crippen LogP contribution in [-0.4, -0.2) is 40.5 Å². The van der Waals surface area contributed by atoms with Crippen LogP contribution in [0.2, 0.25) is 0 Å². The van der Waals surface area contributed by atoms with Crippen LogP contribution in [0.4, 0.5) is 0 Å². The van der Waals surface area contributed by atoms with Crippen LogP contribution in [0.15, 0.2) is 24.3 Å². The maximum atomic E-state index is 12.0. The average molecular weight is 312 g/mol. The second-order valence-electron chi connectivity index (χ2n) is 4.73. The Kier molecular flexibility index (Phi) is 4.59. The van der Waals surface area contributed by atoms with Gasteiger partial charge < -0.3 is 10.1 Å². The van der Waals surface area contributed by atoms with E-state index in [0.29, 0.717) is 13.1 Å². The zero-order valence-electron chi connectivity index (χ0n) is 11.5. The van der Waals surface area contributed by atoms with Crippen molar-refractivity contribution >= 4 is 21.9 Å². The number of nitrogens with one attached hydrogen (secondary N) is 2. The number of methoxy groups -OCH3 is 1. The number of hydrogen-bond donors (Lipinski definition) is 2. The number of carbonyl (C=O) groups excluding carboxylic acids is 2. The second-order valence-corrected chi connectivity index (χ2v) is 6.45. The summed E-state index contributed by atoms with van der Waals surface area (Å²) in [4.78, 5) is 23.3. The summed E-state index contributed by atoms with van der Waals surface area (Å²) in [5.74, 6) is -1.92. The first kappa shape index (κ1) is 15.5. The lowest BCUT2D eigenvalue weighted by Crippen LogP contribution is -2.52. The highest BCUT2D eigenvalue weighted by Crippen LogP contribution is 2.14. The van der Waals surface area contributed by atoms with E-state index < -0.39 is 27.7 Å². The maximum absolute atomic E-state index is 12.0. The minimum absolute atomic E-state index is 0.170. The molecule has 1 saturated heterocycles. The van der Waals surface area contributed by atoms with Crippen LogP contribution in [0, 0.1) is 5.92 Å². The van der Waals surface area contributed by atoms with E-state index in [1.807, 2.05) is 4.72 Å². The Morgan fingerprint density at radius 3 is 2.57 bits per heavy atom. The van der Waals surface area contributed by atoms with Crippen LogP contribution in [0.25, 0.3) is 0 Å². The fourth-order valence-electron chi connectivity index (χ4n) is 1.91. The number of sulfonamides is 1. The molecule has 1 aromatic carbocycles. The van der Waals surface area contributed by atoms with Gasteiger partial charge in [0.25, 0.3) is 0 Å². The lowest BCUT2D eigenvalue weighted by Gasteiger charge is -2.25. The molecule has 7 nitrogen and oxygen atoms in total. The number of hydrogen-bond acceptors (Lipinski definition) is 6. The molecule has 1 amide bonds. The standard InChI is InChI=1S/C13H16N2O5S/c1-20-13(17)11-5-3-2-4-9(11)8-21(18,19)15-12(16)10-6-14-7-10/h2-5,10,14H,6-8H2,1H3,(H,15,16). The van der Waals surface area contributed by atoms with Gasteiger partial charge in [0, 0.05) is 13.1 Å². The van der Waals surface area contributed by atoms with Crippen molar-refractivity contribution in [3.8, 4) is 0 Å². The predicted octanol–water partition coefficient (Wildman–Crippen LogP) is -0.361. The minimum atomic E-state index is -3.85. The van der Waals surface area contributed by atoms with Gasteiger partial charge in [-0.1, -0.05) is 18.2 Å². The fraction of sp³-hybridized carbons (Fsp3) is 0.385. The SMILES string of the molecule is COC(=O)c1ccccc1CS(=O)(=O)NC(=O)C1CNC1. The summed E-state index contributed by atoms with van der Waals surface area (Å²) in [7, 11) is -2.63. The van der Waals surface area contributed by atoms with Gasteiger partial charge in [-0.2, -0.15) is 0 Å². The Labute approximate surface area is 122 Å². The normalized spacial score (nSPS) is 15.1. The van der Waals surface area contributed by atoms with Crippen LogP contribution >= 0.6 is 0 Å². The molecule has 2 rings (SSSR count). The van der Waals surface area contributed by atoms with E-state index in [4.69, 9.17) is 0 Å². The van der Waals surface area contributed by atoms with Gasteiger partial charge >= 0.3 is 5.97 Å². The van der Waals surface area contributed by atoms with Gasteiger partial charge in [0.15, 0.2) is 0 Å². The van der Waals surface area contributed by atoms with Gasteiger partial charge in [-0.3, -0.25) is 9.52 Å². The Hall–Kier alpha value is -1.93. The molecule has 21 heavy (non-hydrogen) atoms. The summed E-state index contributed by atoms with van der Waals surface area (Å²) in [5.41, 5.74) is 0.458. The molecule has 0 aliphatic carbocycles. The number of rotatable bonds is 5. The largest absolute Gasteiger partial charge is 0.465 e. The molecular weight excluding hydrogens is 296 g/mol. The molecule has 114 valence electrons. The molecule has 0 saturated carbocycles. The topological polar surface area (TPSA) is 102 Å². The third-order valence-corrected chi connectivity index (χ3v) is 4.38. The smallest absolute Gasteiger partial charge is 0.338 e. The molecule has 1 aliphatic heterocycles. The molecule has 1 aromatic rings. The molecule has 1 fully saturated rings. The van der Waals surface area contributed by atoms with Crippen LogP contribution in [-0.2, 0) is 25.3 Å². The van der Waals surface area contributed by atoms with Gasteiger partial charge in [0.2, 0.25) is 15.9 Å². The van der Waals surface area contributed by atoms with Gasteiger partial charge in [-0.25, -0.2) is 13.2 Å². The molecule has 2 N–H and O–H groups in total. The summed E-state index contributed by atoms with van der Waals surface area (Å²) in [5, 5.41) is 2.89. The summed E-state index contributed by atoms with van der Waals surface area (Å²) >= 11 is 0. The molecule has 0 atom stereocenters. The second kappa shape index (κ2) is 6.23. The highest BCUT2D eigenvalue weighted by atomic mass is 32.2. The van der Waals surface area contributed by atoms with E-state index in [1.165, 1.54) is 19.2 Å². The van der Waals surface area contributed by atoms with Crippen molar-refractivity contribution in [1.29, 1.82) is 0 Å². The Morgan fingerprint density at radius 2 is 2.00 bits per heavy atom. The zero-order valence-corrected chi connectivity index (χ0v) is 12.3. The number of esters is 1. The summed E-state index contributed by atoms with van der Waals surface area (Å²) < 4.78 is 30.7. The summed E-state index contributed by atoms with van der Waals surface area (Å²) in [6.45, 7) is 0.945. The van der Waals surface area contributed by atoms with E-state index in [1.54, 1.807) is 12.1 Å². The minimum Gasteiger partial charge on any atom is -0.465 e. The predicted molar refractivity (Wildman–Crippen MR) is 74.9 cm³/mol. The first-order valence-corrected chi connectivity index (χ1v) is 7.99. The Bertz CT molecular complexity index is 652. The van der Waals surface area contributed by atoms with Crippen LogP contribution < -0.4 is 10.0 Å². The lowest BCUT2D eigenvalue weighted by molar-refractivity contribution is -0.124. The first-order chi connectivity index (χ1) is 9.93. The van der Waals surface area contributed by atoms with Crippen molar-refractivity contribution in [2.45, 2.75) is 5.75 Å². The number of ether oxygens (including phenoxy) is 1. The van der Waals surface area contributed by atoms with Gasteiger partial charge in [0.05, 0.1) is 24.3 Å². The van der Waals surface area contributed by atoms with Crippen molar-refractivity contribution in [3.63, 3.8) is 0 Å². The molecule has 0 aromatic heterocycles. The Morgan fingerprint density at radius 1 is 1.33 bits per heavy atom. The van der Waals surface area contributed by atoms with Gasteiger partial charge in [0.1, 0.15) is 0 Å². The molecule has 0 unspecified atom stereocenters. The third-order valence-electron chi connectivity index (χ3n) is 3.18. The molecule has 8 heteroatoms. The van der Waals surface area contributed by atoms with Gasteiger partial charge in [-0.05, 0) is 11.6 Å². The first-order valence-electron chi connectivity index (χ1n) is 6.34.